The Bertz CT molecular complexity index is 648. The lowest BCUT2D eigenvalue weighted by atomic mass is 10.0. The van der Waals surface area contributed by atoms with Gasteiger partial charge in [0.15, 0.2) is 9.84 Å². The van der Waals surface area contributed by atoms with Crippen molar-refractivity contribution in [1.29, 1.82) is 0 Å². The molecular weight excluding hydrogens is 280 g/mol. The molecule has 0 unspecified atom stereocenters. The van der Waals surface area contributed by atoms with Crippen LogP contribution < -0.4 is 0 Å². The highest BCUT2D eigenvalue weighted by Crippen LogP contribution is 2.48. The Morgan fingerprint density at radius 1 is 1.45 bits per heavy atom. The first kappa shape index (κ1) is 13.5. The molecule has 0 aromatic carbocycles. The van der Waals surface area contributed by atoms with Gasteiger partial charge in [0, 0.05) is 6.20 Å². The molecule has 0 aliphatic heterocycles. The highest BCUT2D eigenvalue weighted by atomic mass is 32.2. The van der Waals surface area contributed by atoms with E-state index in [-0.39, 0.29) is 22.8 Å². The van der Waals surface area contributed by atoms with Gasteiger partial charge in [0.1, 0.15) is 17.0 Å². The minimum atomic E-state index is -3.15. The first-order valence-corrected chi connectivity index (χ1v) is 8.32. The molecule has 2 aliphatic carbocycles. The molecule has 2 aliphatic rings. The standard InChI is InChI=1S/C13H16N2O4S/c1-19-12(16)13(5-6-13)10-4-7-14-11(15-10)8-20(17,18)9-2-3-9/h4,7,9H,2-3,5-6,8H2,1H3. The molecular formula is C13H16N2O4S. The second-order valence-electron chi connectivity index (χ2n) is 5.44. The predicted octanol–water partition coefficient (Wildman–Crippen LogP) is 0.758. The number of carbonyl (C=O) groups is 1. The quantitative estimate of drug-likeness (QED) is 0.746. The molecule has 108 valence electrons. The van der Waals surface area contributed by atoms with E-state index in [9.17, 15) is 13.2 Å². The molecule has 2 saturated carbocycles. The maximum atomic E-state index is 12.0. The Kier molecular flexibility index (Phi) is 3.04. The second-order valence-corrected chi connectivity index (χ2v) is 7.72. The average molecular weight is 296 g/mol. The molecule has 0 N–H and O–H groups in total. The summed E-state index contributed by atoms with van der Waals surface area (Å²) in [6.07, 6.45) is 4.35. The van der Waals surface area contributed by atoms with Crippen molar-refractivity contribution in [2.75, 3.05) is 7.11 Å². The van der Waals surface area contributed by atoms with Crippen molar-refractivity contribution >= 4 is 15.8 Å². The third-order valence-electron chi connectivity index (χ3n) is 3.88. The summed E-state index contributed by atoms with van der Waals surface area (Å²) in [6, 6.07) is 1.66. The largest absolute Gasteiger partial charge is 0.468 e. The van der Waals surface area contributed by atoms with E-state index in [0.717, 1.165) is 12.8 Å². The van der Waals surface area contributed by atoms with Gasteiger partial charge in [0.05, 0.1) is 18.1 Å². The first-order valence-electron chi connectivity index (χ1n) is 6.60. The summed E-state index contributed by atoms with van der Waals surface area (Å²) >= 11 is 0. The third-order valence-corrected chi connectivity index (χ3v) is 6.03. The Hall–Kier alpha value is -1.50. The van der Waals surface area contributed by atoms with Crippen LogP contribution in [-0.4, -0.2) is 36.7 Å². The van der Waals surface area contributed by atoms with Crippen molar-refractivity contribution in [2.24, 2.45) is 0 Å². The van der Waals surface area contributed by atoms with E-state index in [0.29, 0.717) is 18.5 Å². The fraction of sp³-hybridized carbons (Fsp3) is 0.615. The Morgan fingerprint density at radius 3 is 2.70 bits per heavy atom. The van der Waals surface area contributed by atoms with Crippen molar-refractivity contribution in [1.82, 2.24) is 9.97 Å². The van der Waals surface area contributed by atoms with Gasteiger partial charge in [-0.25, -0.2) is 18.4 Å². The van der Waals surface area contributed by atoms with Gasteiger partial charge in [-0.2, -0.15) is 0 Å². The lowest BCUT2D eigenvalue weighted by molar-refractivity contribution is -0.143. The normalized spacial score (nSPS) is 20.4. The lowest BCUT2D eigenvalue weighted by Crippen LogP contribution is -2.24. The smallest absolute Gasteiger partial charge is 0.317 e. The van der Waals surface area contributed by atoms with Gasteiger partial charge < -0.3 is 4.74 Å². The molecule has 0 bridgehead atoms. The van der Waals surface area contributed by atoms with Gasteiger partial charge in [0.25, 0.3) is 0 Å². The molecule has 6 nitrogen and oxygen atoms in total. The molecule has 7 heteroatoms. The number of esters is 1. The second kappa shape index (κ2) is 4.51. The summed E-state index contributed by atoms with van der Waals surface area (Å²) in [5.41, 5.74) is -0.115. The predicted molar refractivity (Wildman–Crippen MR) is 70.6 cm³/mol. The average Bonchev–Trinajstić information content (AvgIpc) is 3.30. The molecule has 0 saturated heterocycles. The van der Waals surface area contributed by atoms with Crippen LogP contribution in [0.15, 0.2) is 12.3 Å². The minimum Gasteiger partial charge on any atom is -0.468 e. The molecule has 3 rings (SSSR count). The van der Waals surface area contributed by atoms with E-state index in [1.807, 2.05) is 0 Å². The van der Waals surface area contributed by atoms with Crippen LogP contribution in [0.5, 0.6) is 0 Å². The number of hydrogen-bond acceptors (Lipinski definition) is 6. The lowest BCUT2D eigenvalue weighted by Gasteiger charge is -2.12. The highest BCUT2D eigenvalue weighted by Gasteiger charge is 2.54. The molecule has 1 aromatic rings. The van der Waals surface area contributed by atoms with Crippen molar-refractivity contribution in [3.05, 3.63) is 23.8 Å². The Labute approximate surface area is 117 Å². The van der Waals surface area contributed by atoms with Crippen LogP contribution in [0.3, 0.4) is 0 Å². The molecule has 2 fully saturated rings. The minimum absolute atomic E-state index is 0.150. The molecule has 20 heavy (non-hydrogen) atoms. The molecule has 1 heterocycles. The summed E-state index contributed by atoms with van der Waals surface area (Å²) < 4.78 is 28.7. The summed E-state index contributed by atoms with van der Waals surface area (Å²) in [4.78, 5) is 20.1. The van der Waals surface area contributed by atoms with Gasteiger partial charge >= 0.3 is 5.97 Å². The summed E-state index contributed by atoms with van der Waals surface area (Å²) in [5, 5.41) is -0.231. The maximum absolute atomic E-state index is 12.0. The van der Waals surface area contributed by atoms with Crippen LogP contribution in [0.4, 0.5) is 0 Å². The van der Waals surface area contributed by atoms with Gasteiger partial charge in [-0.3, -0.25) is 4.79 Å². The third kappa shape index (κ3) is 2.30. The highest BCUT2D eigenvalue weighted by molar-refractivity contribution is 7.91. The number of nitrogens with zero attached hydrogens (tertiary/aromatic N) is 2. The van der Waals surface area contributed by atoms with Crippen LogP contribution in [0.25, 0.3) is 0 Å². The Morgan fingerprint density at radius 2 is 2.15 bits per heavy atom. The number of methoxy groups -OCH3 is 1. The van der Waals surface area contributed by atoms with Crippen molar-refractivity contribution in [3.8, 4) is 0 Å². The van der Waals surface area contributed by atoms with E-state index in [4.69, 9.17) is 4.74 Å². The number of ether oxygens (including phenoxy) is 1. The molecule has 0 radical (unpaired) electrons. The van der Waals surface area contributed by atoms with Crippen LogP contribution in [0.2, 0.25) is 0 Å². The topological polar surface area (TPSA) is 86.2 Å². The SMILES string of the molecule is COC(=O)C1(c2ccnc(CS(=O)(=O)C3CC3)n2)CC1. The zero-order valence-electron chi connectivity index (χ0n) is 11.2. The van der Waals surface area contributed by atoms with E-state index < -0.39 is 15.3 Å². The molecule has 0 amide bonds. The monoisotopic (exact) mass is 296 g/mol. The summed E-state index contributed by atoms with van der Waals surface area (Å²) in [7, 11) is -1.80. The zero-order chi connectivity index (χ0) is 14.4. The van der Waals surface area contributed by atoms with E-state index >= 15 is 0 Å². The van der Waals surface area contributed by atoms with E-state index in [2.05, 4.69) is 9.97 Å². The number of rotatable bonds is 5. The number of aromatic nitrogens is 2. The van der Waals surface area contributed by atoms with E-state index in [1.54, 1.807) is 6.07 Å². The summed E-state index contributed by atoms with van der Waals surface area (Å²) in [5.74, 6) is -0.195. The fourth-order valence-corrected chi connectivity index (χ4v) is 3.93. The number of hydrogen-bond donors (Lipinski definition) is 0. The maximum Gasteiger partial charge on any atom is 0.317 e. The summed E-state index contributed by atoms with van der Waals surface area (Å²) in [6.45, 7) is 0. The Balaban J connectivity index is 1.85. The van der Waals surface area contributed by atoms with Gasteiger partial charge in [0.2, 0.25) is 0 Å². The molecule has 1 aromatic heterocycles. The van der Waals surface area contributed by atoms with E-state index in [1.165, 1.54) is 13.3 Å². The number of carbonyl (C=O) groups excluding carboxylic acids is 1. The zero-order valence-corrected chi connectivity index (χ0v) is 12.0. The molecule has 0 spiro atoms. The van der Waals surface area contributed by atoms with Crippen molar-refractivity contribution in [3.63, 3.8) is 0 Å². The van der Waals surface area contributed by atoms with Crippen LogP contribution in [0.1, 0.15) is 37.2 Å². The van der Waals surface area contributed by atoms with Gasteiger partial charge in [-0.15, -0.1) is 0 Å². The van der Waals surface area contributed by atoms with Gasteiger partial charge in [-0.05, 0) is 31.7 Å². The molecule has 0 atom stereocenters. The van der Waals surface area contributed by atoms with Crippen LogP contribution in [0, 0.1) is 0 Å². The van der Waals surface area contributed by atoms with Crippen LogP contribution >= 0.6 is 0 Å². The van der Waals surface area contributed by atoms with Crippen LogP contribution in [-0.2, 0) is 30.5 Å². The number of sulfone groups is 1. The first-order chi connectivity index (χ1) is 9.48. The van der Waals surface area contributed by atoms with Crippen molar-refractivity contribution in [2.45, 2.75) is 42.1 Å². The fourth-order valence-electron chi connectivity index (χ4n) is 2.35. The van der Waals surface area contributed by atoms with Crippen molar-refractivity contribution < 1.29 is 17.9 Å². The van der Waals surface area contributed by atoms with Gasteiger partial charge in [-0.1, -0.05) is 0 Å².